The van der Waals surface area contributed by atoms with Gasteiger partial charge in [0, 0.05) is 11.3 Å². The third-order valence-corrected chi connectivity index (χ3v) is 2.75. The second-order valence-electron chi connectivity index (χ2n) is 4.01. The van der Waals surface area contributed by atoms with Gasteiger partial charge in [-0.15, -0.1) is 0 Å². The molecule has 1 aromatic heterocycles. The lowest BCUT2D eigenvalue weighted by molar-refractivity contribution is 0.629. The molecule has 1 aliphatic rings. The van der Waals surface area contributed by atoms with Gasteiger partial charge in [0.25, 0.3) is 0 Å². The van der Waals surface area contributed by atoms with Crippen LogP contribution in [-0.4, -0.2) is 9.97 Å². The van der Waals surface area contributed by atoms with Gasteiger partial charge in [0.15, 0.2) is 5.82 Å². The summed E-state index contributed by atoms with van der Waals surface area (Å²) in [6, 6.07) is 4.44. The predicted molar refractivity (Wildman–Crippen MR) is 59.3 cm³/mol. The summed E-state index contributed by atoms with van der Waals surface area (Å²) in [7, 11) is 0. The van der Waals surface area contributed by atoms with Crippen LogP contribution in [0.25, 0.3) is 10.9 Å². The molecule has 0 amide bonds. The molecule has 0 spiro atoms. The number of rotatable bonds is 2. The highest BCUT2D eigenvalue weighted by atomic mass is 19.1. The maximum atomic E-state index is 13.1. The molecule has 1 fully saturated rings. The third kappa shape index (κ3) is 1.49. The van der Waals surface area contributed by atoms with Crippen molar-refractivity contribution in [3.05, 3.63) is 29.8 Å². The topological polar surface area (TPSA) is 63.8 Å². The molecule has 0 bridgehead atoms. The van der Waals surface area contributed by atoms with E-state index >= 15 is 0 Å². The van der Waals surface area contributed by atoms with Gasteiger partial charge in [-0.3, -0.25) is 0 Å². The second-order valence-corrected chi connectivity index (χ2v) is 4.01. The van der Waals surface area contributed by atoms with Gasteiger partial charge < -0.3 is 5.43 Å². The van der Waals surface area contributed by atoms with Crippen molar-refractivity contribution < 1.29 is 4.39 Å². The minimum atomic E-state index is -0.313. The fourth-order valence-corrected chi connectivity index (χ4v) is 1.75. The predicted octanol–water partition coefficient (Wildman–Crippen LogP) is 1.93. The smallest absolute Gasteiger partial charge is 0.151 e. The number of halogens is 1. The summed E-state index contributed by atoms with van der Waals surface area (Å²) in [6.07, 6.45) is 2.24. The van der Waals surface area contributed by atoms with Crippen molar-refractivity contribution in [2.75, 3.05) is 5.43 Å². The summed E-state index contributed by atoms with van der Waals surface area (Å²) in [5.41, 5.74) is 3.23. The molecule has 3 N–H and O–H groups in total. The van der Waals surface area contributed by atoms with Crippen LogP contribution in [0.3, 0.4) is 0 Å². The first-order chi connectivity index (χ1) is 7.78. The number of hydrazine groups is 1. The van der Waals surface area contributed by atoms with Crippen LogP contribution in [0, 0.1) is 5.82 Å². The lowest BCUT2D eigenvalue weighted by atomic mass is 10.2. The van der Waals surface area contributed by atoms with Crippen LogP contribution in [0.2, 0.25) is 0 Å². The summed E-state index contributed by atoms with van der Waals surface area (Å²) < 4.78 is 13.1. The molecule has 0 atom stereocenters. The summed E-state index contributed by atoms with van der Waals surface area (Å²) in [5.74, 6) is 6.82. The van der Waals surface area contributed by atoms with Gasteiger partial charge in [-0.1, -0.05) is 0 Å². The average Bonchev–Trinajstić information content (AvgIpc) is 3.11. The molecule has 0 radical (unpaired) electrons. The van der Waals surface area contributed by atoms with Crippen LogP contribution in [0.1, 0.15) is 24.6 Å². The zero-order valence-electron chi connectivity index (χ0n) is 8.57. The standard InChI is InChI=1S/C11H11FN4/c12-7-3-4-9-8(5-7)11(16-13)15-10(14-9)6-1-2-6/h3-6H,1-2,13H2,(H,14,15,16). The molecule has 0 unspecified atom stereocenters. The second kappa shape index (κ2) is 3.38. The normalized spacial score (nSPS) is 15.4. The van der Waals surface area contributed by atoms with Crippen molar-refractivity contribution in [2.45, 2.75) is 18.8 Å². The Bertz CT molecular complexity index is 551. The Morgan fingerprint density at radius 1 is 1.31 bits per heavy atom. The molecule has 1 aromatic carbocycles. The van der Waals surface area contributed by atoms with E-state index in [1.807, 2.05) is 0 Å². The van der Waals surface area contributed by atoms with Crippen LogP contribution in [-0.2, 0) is 0 Å². The zero-order chi connectivity index (χ0) is 11.1. The number of nitrogens with zero attached hydrogens (tertiary/aromatic N) is 2. The molecule has 2 aromatic rings. The van der Waals surface area contributed by atoms with Crippen LogP contribution in [0.5, 0.6) is 0 Å². The lowest BCUT2D eigenvalue weighted by Crippen LogP contribution is -2.11. The number of anilines is 1. The maximum Gasteiger partial charge on any atom is 0.151 e. The molecule has 0 aliphatic heterocycles. The number of nitrogens with one attached hydrogen (secondary N) is 1. The third-order valence-electron chi connectivity index (χ3n) is 2.75. The van der Waals surface area contributed by atoms with Gasteiger partial charge in [0.05, 0.1) is 5.52 Å². The van der Waals surface area contributed by atoms with Gasteiger partial charge in [-0.25, -0.2) is 20.2 Å². The van der Waals surface area contributed by atoms with Gasteiger partial charge in [0.2, 0.25) is 0 Å². The molecule has 82 valence electrons. The highest BCUT2D eigenvalue weighted by molar-refractivity contribution is 5.88. The highest BCUT2D eigenvalue weighted by Gasteiger charge is 2.27. The van der Waals surface area contributed by atoms with Crippen LogP contribution < -0.4 is 11.3 Å². The SMILES string of the molecule is NNc1nc(C2CC2)nc2ccc(F)cc12. The van der Waals surface area contributed by atoms with Crippen LogP contribution in [0.4, 0.5) is 10.2 Å². The minimum Gasteiger partial charge on any atom is -0.308 e. The molecule has 1 saturated carbocycles. The Morgan fingerprint density at radius 3 is 2.81 bits per heavy atom. The number of nitrogens with two attached hydrogens (primary N) is 1. The Hall–Kier alpha value is -1.75. The Morgan fingerprint density at radius 2 is 2.12 bits per heavy atom. The summed E-state index contributed by atoms with van der Waals surface area (Å²) in [4.78, 5) is 8.72. The molecule has 4 nitrogen and oxygen atoms in total. The molecule has 3 rings (SSSR count). The van der Waals surface area contributed by atoms with E-state index in [0.29, 0.717) is 17.1 Å². The first kappa shape index (κ1) is 9.47. The number of aromatic nitrogens is 2. The Balaban J connectivity index is 2.25. The van der Waals surface area contributed by atoms with E-state index in [1.165, 1.54) is 12.1 Å². The summed E-state index contributed by atoms with van der Waals surface area (Å²) >= 11 is 0. The van der Waals surface area contributed by atoms with Gasteiger partial charge in [-0.05, 0) is 31.0 Å². The first-order valence-corrected chi connectivity index (χ1v) is 5.22. The molecule has 1 aliphatic carbocycles. The van der Waals surface area contributed by atoms with E-state index in [2.05, 4.69) is 15.4 Å². The molecule has 0 saturated heterocycles. The molecule has 16 heavy (non-hydrogen) atoms. The summed E-state index contributed by atoms with van der Waals surface area (Å²) in [5, 5.41) is 0.618. The fraction of sp³-hybridized carbons (Fsp3) is 0.273. The first-order valence-electron chi connectivity index (χ1n) is 5.22. The van der Waals surface area contributed by atoms with Gasteiger partial charge in [-0.2, -0.15) is 0 Å². The Kier molecular flexibility index (Phi) is 2.00. The average molecular weight is 218 g/mol. The van der Waals surface area contributed by atoms with E-state index in [-0.39, 0.29) is 5.82 Å². The maximum absolute atomic E-state index is 13.1. The zero-order valence-corrected chi connectivity index (χ0v) is 8.57. The van der Waals surface area contributed by atoms with E-state index in [0.717, 1.165) is 24.2 Å². The van der Waals surface area contributed by atoms with Crippen LogP contribution >= 0.6 is 0 Å². The quantitative estimate of drug-likeness (QED) is 0.597. The fourth-order valence-electron chi connectivity index (χ4n) is 1.75. The van der Waals surface area contributed by atoms with E-state index in [9.17, 15) is 4.39 Å². The van der Waals surface area contributed by atoms with E-state index in [1.54, 1.807) is 6.07 Å². The number of fused-ring (bicyclic) bond motifs is 1. The monoisotopic (exact) mass is 218 g/mol. The molecular formula is C11H11FN4. The number of benzene rings is 1. The molecular weight excluding hydrogens is 207 g/mol. The van der Waals surface area contributed by atoms with Crippen molar-refractivity contribution in [3.8, 4) is 0 Å². The molecule has 5 heteroatoms. The van der Waals surface area contributed by atoms with Crippen molar-refractivity contribution in [3.63, 3.8) is 0 Å². The van der Waals surface area contributed by atoms with E-state index < -0.39 is 0 Å². The Labute approximate surface area is 91.7 Å². The van der Waals surface area contributed by atoms with Crippen molar-refractivity contribution in [1.29, 1.82) is 0 Å². The largest absolute Gasteiger partial charge is 0.308 e. The van der Waals surface area contributed by atoms with Crippen LogP contribution in [0.15, 0.2) is 18.2 Å². The van der Waals surface area contributed by atoms with Gasteiger partial charge in [0.1, 0.15) is 11.6 Å². The summed E-state index contributed by atoms with van der Waals surface area (Å²) in [6.45, 7) is 0. The number of hydrogen-bond donors (Lipinski definition) is 2. The number of hydrogen-bond acceptors (Lipinski definition) is 4. The van der Waals surface area contributed by atoms with Crippen molar-refractivity contribution >= 4 is 16.7 Å². The lowest BCUT2D eigenvalue weighted by Gasteiger charge is -2.07. The van der Waals surface area contributed by atoms with Crippen molar-refractivity contribution in [1.82, 2.24) is 9.97 Å². The minimum absolute atomic E-state index is 0.313. The number of nitrogen functional groups attached to an aromatic ring is 1. The van der Waals surface area contributed by atoms with E-state index in [4.69, 9.17) is 5.84 Å². The van der Waals surface area contributed by atoms with Gasteiger partial charge >= 0.3 is 0 Å². The van der Waals surface area contributed by atoms with Crippen molar-refractivity contribution in [2.24, 2.45) is 5.84 Å². The molecule has 1 heterocycles. The highest BCUT2D eigenvalue weighted by Crippen LogP contribution is 2.39.